The van der Waals surface area contributed by atoms with Crippen LogP contribution < -0.4 is 9.47 Å². The van der Waals surface area contributed by atoms with Gasteiger partial charge in [0.15, 0.2) is 5.78 Å². The van der Waals surface area contributed by atoms with Crippen LogP contribution in [0.25, 0.3) is 0 Å². The molecule has 0 heterocycles. The fraction of sp³-hybridized carbons (Fsp3) is 0.316. The number of Topliss-reactive ketones (excluding diaryl/α,β-unsaturated/α-hetero) is 1. The molecule has 0 N–H and O–H groups in total. The fourth-order valence-electron chi connectivity index (χ4n) is 3.27. The number of methoxy groups -OCH3 is 2. The molecule has 1 unspecified atom stereocenters. The highest BCUT2D eigenvalue weighted by atomic mass is 16.5. The lowest BCUT2D eigenvalue weighted by atomic mass is 9.80. The van der Waals surface area contributed by atoms with Gasteiger partial charge in [0.05, 0.1) is 14.2 Å². The first-order valence-electron chi connectivity index (χ1n) is 7.40. The van der Waals surface area contributed by atoms with Crippen LogP contribution in [0, 0.1) is 5.41 Å². The zero-order valence-electron chi connectivity index (χ0n) is 13.2. The van der Waals surface area contributed by atoms with Crippen molar-refractivity contribution in [1.29, 1.82) is 0 Å². The Morgan fingerprint density at radius 1 is 1.05 bits per heavy atom. The molecule has 0 amide bonds. The van der Waals surface area contributed by atoms with Crippen LogP contribution >= 0.6 is 0 Å². The minimum atomic E-state index is -0.402. The largest absolute Gasteiger partial charge is 0.497 e. The Bertz CT molecular complexity index is 720. The van der Waals surface area contributed by atoms with E-state index in [-0.39, 0.29) is 5.78 Å². The third kappa shape index (κ3) is 2.47. The maximum Gasteiger partial charge on any atom is 0.169 e. The molecular formula is C19H20O3. The van der Waals surface area contributed by atoms with Crippen molar-refractivity contribution in [3.05, 3.63) is 59.2 Å². The van der Waals surface area contributed by atoms with Crippen LogP contribution in [-0.2, 0) is 12.8 Å². The Morgan fingerprint density at radius 3 is 2.50 bits per heavy atom. The van der Waals surface area contributed by atoms with E-state index in [1.807, 2.05) is 49.4 Å². The normalized spacial score (nSPS) is 19.9. The van der Waals surface area contributed by atoms with Gasteiger partial charge in [-0.3, -0.25) is 4.79 Å². The van der Waals surface area contributed by atoms with Crippen LogP contribution in [0.1, 0.15) is 28.4 Å². The summed E-state index contributed by atoms with van der Waals surface area (Å²) in [5, 5.41) is 0. The van der Waals surface area contributed by atoms with E-state index < -0.39 is 5.41 Å². The highest BCUT2D eigenvalue weighted by molar-refractivity contribution is 6.05. The summed E-state index contributed by atoms with van der Waals surface area (Å²) in [6.07, 6.45) is 1.45. The highest BCUT2D eigenvalue weighted by Gasteiger charge is 2.41. The van der Waals surface area contributed by atoms with Crippen molar-refractivity contribution < 1.29 is 14.3 Å². The lowest BCUT2D eigenvalue weighted by Crippen LogP contribution is -2.26. The third-order valence-corrected chi connectivity index (χ3v) is 4.41. The van der Waals surface area contributed by atoms with E-state index in [1.54, 1.807) is 14.2 Å². The molecule has 0 spiro atoms. The van der Waals surface area contributed by atoms with E-state index in [4.69, 9.17) is 9.47 Å². The number of rotatable bonds is 4. The number of hydrogen-bond acceptors (Lipinski definition) is 3. The lowest BCUT2D eigenvalue weighted by molar-refractivity contribution is 0.0842. The van der Waals surface area contributed by atoms with E-state index in [0.717, 1.165) is 34.6 Å². The summed E-state index contributed by atoms with van der Waals surface area (Å²) in [5.41, 5.74) is 2.62. The van der Waals surface area contributed by atoms with Crippen molar-refractivity contribution >= 4 is 5.78 Å². The molecule has 22 heavy (non-hydrogen) atoms. The molecule has 3 rings (SSSR count). The number of fused-ring (bicyclic) bond motifs is 1. The van der Waals surface area contributed by atoms with Crippen LogP contribution in [-0.4, -0.2) is 20.0 Å². The van der Waals surface area contributed by atoms with Crippen molar-refractivity contribution in [1.82, 2.24) is 0 Å². The zero-order valence-corrected chi connectivity index (χ0v) is 13.2. The van der Waals surface area contributed by atoms with Gasteiger partial charge in [-0.15, -0.1) is 0 Å². The second-order valence-electron chi connectivity index (χ2n) is 6.12. The predicted octanol–water partition coefficient (Wildman–Crippen LogP) is 3.69. The Labute approximate surface area is 130 Å². The van der Waals surface area contributed by atoms with Crippen molar-refractivity contribution in [2.75, 3.05) is 14.2 Å². The van der Waals surface area contributed by atoms with E-state index in [2.05, 4.69) is 0 Å². The Hall–Kier alpha value is -2.29. The van der Waals surface area contributed by atoms with Crippen LogP contribution in [0.15, 0.2) is 42.5 Å². The van der Waals surface area contributed by atoms with Gasteiger partial charge in [-0.2, -0.15) is 0 Å². The molecular weight excluding hydrogens is 276 g/mol. The number of benzene rings is 2. The van der Waals surface area contributed by atoms with Crippen LogP contribution in [0.4, 0.5) is 0 Å². The molecule has 0 radical (unpaired) electrons. The summed E-state index contributed by atoms with van der Waals surface area (Å²) in [4.78, 5) is 12.8. The van der Waals surface area contributed by atoms with Gasteiger partial charge in [-0.25, -0.2) is 0 Å². The van der Waals surface area contributed by atoms with E-state index in [0.29, 0.717) is 6.42 Å². The molecule has 3 nitrogen and oxygen atoms in total. The topological polar surface area (TPSA) is 35.5 Å². The second-order valence-corrected chi connectivity index (χ2v) is 6.12. The Morgan fingerprint density at radius 2 is 1.77 bits per heavy atom. The number of ether oxygens (including phenoxy) is 2. The molecule has 0 fully saturated rings. The third-order valence-electron chi connectivity index (χ3n) is 4.41. The molecule has 1 atom stereocenters. The van der Waals surface area contributed by atoms with E-state index in [9.17, 15) is 4.79 Å². The molecule has 2 aromatic carbocycles. The van der Waals surface area contributed by atoms with Crippen molar-refractivity contribution in [2.24, 2.45) is 5.41 Å². The summed E-state index contributed by atoms with van der Waals surface area (Å²) in [7, 11) is 3.30. The molecule has 0 saturated heterocycles. The van der Waals surface area contributed by atoms with Crippen LogP contribution in [0.5, 0.6) is 11.5 Å². The minimum Gasteiger partial charge on any atom is -0.497 e. The summed E-state index contributed by atoms with van der Waals surface area (Å²) >= 11 is 0. The average Bonchev–Trinajstić information content (AvgIpc) is 2.77. The molecule has 114 valence electrons. The van der Waals surface area contributed by atoms with Gasteiger partial charge in [-0.05, 0) is 54.3 Å². The van der Waals surface area contributed by atoms with E-state index >= 15 is 0 Å². The van der Waals surface area contributed by atoms with Gasteiger partial charge in [-0.1, -0.05) is 19.1 Å². The standard InChI is InChI=1S/C19H20O3/c1-19(11-13-5-4-6-15(9-13)21-2)12-14-10-16(22-3)7-8-17(14)18(19)20/h4-10H,11-12H2,1-3H3. The molecule has 0 aliphatic heterocycles. The maximum absolute atomic E-state index is 12.8. The molecule has 0 bridgehead atoms. The summed E-state index contributed by atoms with van der Waals surface area (Å²) < 4.78 is 10.5. The predicted molar refractivity (Wildman–Crippen MR) is 85.8 cm³/mol. The van der Waals surface area contributed by atoms with Crippen LogP contribution in [0.2, 0.25) is 0 Å². The highest BCUT2D eigenvalue weighted by Crippen LogP contribution is 2.40. The second kappa shape index (κ2) is 5.48. The molecule has 3 heteroatoms. The molecule has 2 aromatic rings. The van der Waals surface area contributed by atoms with Crippen molar-refractivity contribution in [3.63, 3.8) is 0 Å². The first kappa shape index (κ1) is 14.6. The maximum atomic E-state index is 12.8. The SMILES string of the molecule is COc1cccc(CC2(C)Cc3cc(OC)ccc3C2=O)c1. The zero-order chi connectivity index (χ0) is 15.7. The molecule has 1 aliphatic carbocycles. The Kier molecular flexibility index (Phi) is 3.65. The Balaban J connectivity index is 1.89. The molecule has 0 saturated carbocycles. The van der Waals surface area contributed by atoms with Crippen LogP contribution in [0.3, 0.4) is 0 Å². The summed E-state index contributed by atoms with van der Waals surface area (Å²) in [6, 6.07) is 13.6. The molecule has 0 aromatic heterocycles. The van der Waals surface area contributed by atoms with Gasteiger partial charge < -0.3 is 9.47 Å². The first-order valence-corrected chi connectivity index (χ1v) is 7.40. The number of hydrogen-bond donors (Lipinski definition) is 0. The summed E-state index contributed by atoms with van der Waals surface area (Å²) in [6.45, 7) is 2.04. The van der Waals surface area contributed by atoms with Gasteiger partial charge in [0.1, 0.15) is 11.5 Å². The monoisotopic (exact) mass is 296 g/mol. The summed E-state index contributed by atoms with van der Waals surface area (Å²) in [5.74, 6) is 1.84. The van der Waals surface area contributed by atoms with Crippen molar-refractivity contribution in [2.45, 2.75) is 19.8 Å². The quantitative estimate of drug-likeness (QED) is 0.863. The minimum absolute atomic E-state index is 0.216. The van der Waals surface area contributed by atoms with E-state index in [1.165, 1.54) is 0 Å². The van der Waals surface area contributed by atoms with Crippen molar-refractivity contribution in [3.8, 4) is 11.5 Å². The van der Waals surface area contributed by atoms with Gasteiger partial charge in [0, 0.05) is 11.0 Å². The van der Waals surface area contributed by atoms with Gasteiger partial charge in [0.2, 0.25) is 0 Å². The van der Waals surface area contributed by atoms with Gasteiger partial charge >= 0.3 is 0 Å². The molecule has 1 aliphatic rings. The number of carbonyl (C=O) groups is 1. The van der Waals surface area contributed by atoms with Gasteiger partial charge in [0.25, 0.3) is 0 Å². The lowest BCUT2D eigenvalue weighted by Gasteiger charge is -2.22. The average molecular weight is 296 g/mol. The first-order chi connectivity index (χ1) is 10.6. The fourth-order valence-corrected chi connectivity index (χ4v) is 3.27. The smallest absolute Gasteiger partial charge is 0.169 e. The number of carbonyl (C=O) groups excluding carboxylic acids is 1. The number of ketones is 1.